The number of hydrogen-bond acceptors (Lipinski definition) is 1. The van der Waals surface area contributed by atoms with Crippen LogP contribution in [0.5, 0.6) is 0 Å². The zero-order valence-electron chi connectivity index (χ0n) is 6.16. The first kappa shape index (κ1) is 6.61. The van der Waals surface area contributed by atoms with Gasteiger partial charge in [-0.05, 0) is 25.1 Å². The van der Waals surface area contributed by atoms with Gasteiger partial charge in [0.15, 0.2) is 0 Å². The maximum Gasteiger partial charge on any atom is 0.115 e. The Labute approximate surface area is 69.5 Å². The molecule has 2 aromatic heterocycles. The highest BCUT2D eigenvalue weighted by molar-refractivity contribution is 7.71. The molecule has 0 radical (unpaired) electrons. The Morgan fingerprint density at radius 2 is 2.36 bits per heavy atom. The van der Waals surface area contributed by atoms with E-state index in [0.29, 0.717) is 0 Å². The van der Waals surface area contributed by atoms with Crippen molar-refractivity contribution < 1.29 is 0 Å². The van der Waals surface area contributed by atoms with Crippen molar-refractivity contribution in [2.75, 3.05) is 0 Å². The topological polar surface area (TPSA) is 20.2 Å². The van der Waals surface area contributed by atoms with E-state index in [4.69, 9.17) is 12.2 Å². The Balaban J connectivity index is 3.02. The van der Waals surface area contributed by atoms with Gasteiger partial charge >= 0.3 is 0 Å². The van der Waals surface area contributed by atoms with Gasteiger partial charge in [-0.15, -0.1) is 0 Å². The first-order valence-electron chi connectivity index (χ1n) is 3.44. The predicted octanol–water partition coefficient (Wildman–Crippen LogP) is 2.31. The number of H-pyrrole nitrogens is 1. The summed E-state index contributed by atoms with van der Waals surface area (Å²) in [5.74, 6) is 0. The van der Waals surface area contributed by atoms with E-state index >= 15 is 0 Å². The average Bonchev–Trinajstić information content (AvgIpc) is 2.34. The SMILES string of the molecule is Cc1cc(=S)n2cccc2[nH]1. The van der Waals surface area contributed by atoms with Crippen molar-refractivity contribution in [3.8, 4) is 0 Å². The van der Waals surface area contributed by atoms with E-state index in [1.165, 1.54) is 0 Å². The third kappa shape index (κ3) is 0.973. The first-order chi connectivity index (χ1) is 5.27. The molecule has 2 nitrogen and oxygen atoms in total. The van der Waals surface area contributed by atoms with Crippen molar-refractivity contribution in [1.82, 2.24) is 9.38 Å². The number of hydrogen-bond donors (Lipinski definition) is 1. The number of fused-ring (bicyclic) bond motifs is 1. The van der Waals surface area contributed by atoms with Crippen LogP contribution in [0.3, 0.4) is 0 Å². The summed E-state index contributed by atoms with van der Waals surface area (Å²) in [4.78, 5) is 3.21. The van der Waals surface area contributed by atoms with Gasteiger partial charge in [-0.3, -0.25) is 4.40 Å². The van der Waals surface area contributed by atoms with Crippen LogP contribution in [-0.2, 0) is 0 Å². The quantitative estimate of drug-likeness (QED) is 0.592. The molecular formula is C8H8N2S. The minimum Gasteiger partial charge on any atom is -0.345 e. The molecule has 0 amide bonds. The van der Waals surface area contributed by atoms with Crippen LogP contribution in [0.25, 0.3) is 5.65 Å². The second-order valence-electron chi connectivity index (χ2n) is 2.55. The Hall–Kier alpha value is -1.09. The van der Waals surface area contributed by atoms with Crippen LogP contribution < -0.4 is 0 Å². The van der Waals surface area contributed by atoms with Gasteiger partial charge in [0.2, 0.25) is 0 Å². The van der Waals surface area contributed by atoms with Gasteiger partial charge in [-0.1, -0.05) is 12.2 Å². The summed E-state index contributed by atoms with van der Waals surface area (Å²) in [6.07, 6.45) is 1.95. The van der Waals surface area contributed by atoms with Crippen molar-refractivity contribution in [3.63, 3.8) is 0 Å². The van der Waals surface area contributed by atoms with Crippen molar-refractivity contribution in [2.24, 2.45) is 0 Å². The van der Waals surface area contributed by atoms with Gasteiger partial charge in [-0.25, -0.2) is 0 Å². The molecule has 0 unspecified atom stereocenters. The summed E-state index contributed by atoms with van der Waals surface area (Å²) in [5, 5.41) is 0. The van der Waals surface area contributed by atoms with Gasteiger partial charge < -0.3 is 4.98 Å². The largest absolute Gasteiger partial charge is 0.345 e. The number of rotatable bonds is 0. The highest BCUT2D eigenvalue weighted by Crippen LogP contribution is 2.03. The molecule has 0 aliphatic heterocycles. The lowest BCUT2D eigenvalue weighted by Gasteiger charge is -1.97. The molecule has 2 heterocycles. The van der Waals surface area contributed by atoms with Crippen LogP contribution in [0.2, 0.25) is 0 Å². The molecule has 0 saturated heterocycles. The maximum absolute atomic E-state index is 5.14. The average molecular weight is 164 g/mol. The van der Waals surface area contributed by atoms with E-state index in [9.17, 15) is 0 Å². The van der Waals surface area contributed by atoms with E-state index < -0.39 is 0 Å². The minimum atomic E-state index is 0.848. The summed E-state index contributed by atoms with van der Waals surface area (Å²) in [5.41, 5.74) is 2.15. The molecule has 0 aromatic carbocycles. The molecular weight excluding hydrogens is 156 g/mol. The van der Waals surface area contributed by atoms with Crippen LogP contribution in [-0.4, -0.2) is 9.38 Å². The molecule has 11 heavy (non-hydrogen) atoms. The summed E-state index contributed by atoms with van der Waals surface area (Å²) >= 11 is 5.14. The number of aromatic nitrogens is 2. The fourth-order valence-corrected chi connectivity index (χ4v) is 1.50. The van der Waals surface area contributed by atoms with Gasteiger partial charge in [0.25, 0.3) is 0 Å². The fraction of sp³-hybridized carbons (Fsp3) is 0.125. The summed E-state index contributed by atoms with van der Waals surface area (Å²) in [7, 11) is 0. The summed E-state index contributed by atoms with van der Waals surface area (Å²) in [6, 6.07) is 5.92. The lowest BCUT2D eigenvalue weighted by molar-refractivity contribution is 1.07. The van der Waals surface area contributed by atoms with Gasteiger partial charge in [0.05, 0.1) is 0 Å². The molecule has 1 N–H and O–H groups in total. The highest BCUT2D eigenvalue weighted by Gasteiger charge is 1.92. The lowest BCUT2D eigenvalue weighted by Crippen LogP contribution is -1.89. The second-order valence-corrected chi connectivity index (χ2v) is 2.97. The van der Waals surface area contributed by atoms with Crippen LogP contribution >= 0.6 is 12.2 Å². The standard InChI is InChI=1S/C8H8N2S/c1-6-5-8(11)10-4-2-3-7(10)9-6/h2-5,9H,1H3. The van der Waals surface area contributed by atoms with E-state index in [-0.39, 0.29) is 0 Å². The zero-order chi connectivity index (χ0) is 7.84. The summed E-state index contributed by atoms with van der Waals surface area (Å²) < 4.78 is 2.80. The second kappa shape index (κ2) is 2.20. The third-order valence-electron chi connectivity index (χ3n) is 1.65. The Kier molecular flexibility index (Phi) is 1.32. The van der Waals surface area contributed by atoms with Crippen molar-refractivity contribution in [2.45, 2.75) is 6.92 Å². The number of aromatic amines is 1. The van der Waals surface area contributed by atoms with E-state index in [1.807, 2.05) is 35.7 Å². The van der Waals surface area contributed by atoms with E-state index in [0.717, 1.165) is 16.0 Å². The minimum absolute atomic E-state index is 0.848. The van der Waals surface area contributed by atoms with Crippen LogP contribution in [0.1, 0.15) is 5.69 Å². The smallest absolute Gasteiger partial charge is 0.115 e. The molecule has 0 bridgehead atoms. The molecule has 0 atom stereocenters. The lowest BCUT2D eigenvalue weighted by atomic mass is 10.4. The first-order valence-corrected chi connectivity index (χ1v) is 3.85. The van der Waals surface area contributed by atoms with Gasteiger partial charge in [0, 0.05) is 11.9 Å². The van der Waals surface area contributed by atoms with E-state index in [2.05, 4.69) is 4.98 Å². The molecule has 2 rings (SSSR count). The Bertz CT molecular complexity index is 439. The maximum atomic E-state index is 5.14. The molecule has 0 fully saturated rings. The molecule has 0 saturated carbocycles. The van der Waals surface area contributed by atoms with Gasteiger partial charge in [0.1, 0.15) is 10.3 Å². The number of nitrogens with zero attached hydrogens (tertiary/aromatic N) is 1. The monoisotopic (exact) mass is 164 g/mol. The van der Waals surface area contributed by atoms with E-state index in [1.54, 1.807) is 0 Å². The molecule has 3 heteroatoms. The Morgan fingerprint density at radius 1 is 1.55 bits per heavy atom. The number of aryl methyl sites for hydroxylation is 1. The van der Waals surface area contributed by atoms with Crippen LogP contribution in [0, 0.1) is 11.6 Å². The fourth-order valence-electron chi connectivity index (χ4n) is 1.17. The highest BCUT2D eigenvalue weighted by atomic mass is 32.1. The predicted molar refractivity (Wildman–Crippen MR) is 47.3 cm³/mol. The van der Waals surface area contributed by atoms with Crippen LogP contribution in [0.4, 0.5) is 0 Å². The van der Waals surface area contributed by atoms with Crippen LogP contribution in [0.15, 0.2) is 24.4 Å². The molecule has 0 spiro atoms. The Morgan fingerprint density at radius 3 is 3.18 bits per heavy atom. The molecule has 0 aliphatic rings. The van der Waals surface area contributed by atoms with Crippen molar-refractivity contribution in [1.29, 1.82) is 0 Å². The van der Waals surface area contributed by atoms with Gasteiger partial charge in [-0.2, -0.15) is 0 Å². The zero-order valence-corrected chi connectivity index (χ0v) is 6.98. The molecule has 2 aromatic rings. The molecule has 0 aliphatic carbocycles. The van der Waals surface area contributed by atoms with Crippen molar-refractivity contribution >= 4 is 17.9 Å². The normalized spacial score (nSPS) is 10.6. The summed E-state index contributed by atoms with van der Waals surface area (Å²) in [6.45, 7) is 2.00. The van der Waals surface area contributed by atoms with Crippen molar-refractivity contribution in [3.05, 3.63) is 34.7 Å². The third-order valence-corrected chi connectivity index (χ3v) is 1.97. The number of nitrogens with one attached hydrogen (secondary N) is 1. The molecule has 56 valence electrons.